The highest BCUT2D eigenvalue weighted by atomic mass is 16.1. The van der Waals surface area contributed by atoms with Crippen molar-refractivity contribution in [1.29, 1.82) is 0 Å². The summed E-state index contributed by atoms with van der Waals surface area (Å²) in [6, 6.07) is 3.36. The fourth-order valence-corrected chi connectivity index (χ4v) is 1.71. The molecule has 6 nitrogen and oxygen atoms in total. The zero-order valence-corrected chi connectivity index (χ0v) is 12.0. The summed E-state index contributed by atoms with van der Waals surface area (Å²) in [5, 5.41) is 3.29. The number of amides is 1. The lowest BCUT2D eigenvalue weighted by atomic mass is 10.0. The number of hydrogen-bond donors (Lipinski definition) is 3. The number of pyridine rings is 1. The Hall–Kier alpha value is -1.82. The maximum atomic E-state index is 11.1. The van der Waals surface area contributed by atoms with E-state index in [4.69, 9.17) is 11.5 Å². The van der Waals surface area contributed by atoms with Crippen LogP contribution in [0.5, 0.6) is 0 Å². The summed E-state index contributed by atoms with van der Waals surface area (Å²) in [7, 11) is 4.02. The van der Waals surface area contributed by atoms with Gasteiger partial charge in [-0.05, 0) is 32.1 Å². The van der Waals surface area contributed by atoms with E-state index >= 15 is 0 Å². The number of likely N-dealkylation sites (N-methyl/N-ethyl adjacent to an activating group) is 1. The van der Waals surface area contributed by atoms with Gasteiger partial charge in [-0.2, -0.15) is 0 Å². The molecule has 5 N–H and O–H groups in total. The normalized spacial score (nSPS) is 12.7. The Morgan fingerprint density at radius 3 is 2.53 bits per heavy atom. The number of rotatable bonds is 6. The van der Waals surface area contributed by atoms with Crippen LogP contribution in [0.25, 0.3) is 0 Å². The Bertz CT molecular complexity index is 445. The number of nitrogens with one attached hydrogen (secondary N) is 1. The largest absolute Gasteiger partial charge is 0.396 e. The minimum absolute atomic E-state index is 0.188. The summed E-state index contributed by atoms with van der Waals surface area (Å²) in [5.74, 6) is 0.356. The predicted molar refractivity (Wildman–Crippen MR) is 78.0 cm³/mol. The third kappa shape index (κ3) is 4.40. The number of nitrogens with zero attached hydrogens (tertiary/aromatic N) is 2. The lowest BCUT2D eigenvalue weighted by molar-refractivity contribution is 0.0995. The van der Waals surface area contributed by atoms with Gasteiger partial charge >= 0.3 is 0 Å². The molecule has 6 heteroatoms. The molecular formula is C13H23N5O. The number of aromatic nitrogens is 1. The molecule has 0 saturated heterocycles. The molecular weight excluding hydrogens is 242 g/mol. The molecule has 0 saturated carbocycles. The number of primary amides is 1. The van der Waals surface area contributed by atoms with Crippen molar-refractivity contribution in [2.45, 2.75) is 19.9 Å². The molecule has 0 aliphatic carbocycles. The Balaban J connectivity index is 2.95. The molecule has 19 heavy (non-hydrogen) atoms. The Morgan fingerprint density at radius 2 is 2.05 bits per heavy atom. The third-order valence-corrected chi connectivity index (χ3v) is 2.87. The molecule has 1 unspecified atom stereocenters. The van der Waals surface area contributed by atoms with Crippen molar-refractivity contribution in [3.05, 3.63) is 17.8 Å². The summed E-state index contributed by atoms with van der Waals surface area (Å²) in [6.07, 6.45) is 0. The molecule has 1 amide bonds. The fourth-order valence-electron chi connectivity index (χ4n) is 1.71. The number of anilines is 2. The zero-order chi connectivity index (χ0) is 14.6. The average Bonchev–Trinajstić information content (AvgIpc) is 2.29. The lowest BCUT2D eigenvalue weighted by Gasteiger charge is -2.26. The number of hydrogen-bond acceptors (Lipinski definition) is 5. The van der Waals surface area contributed by atoms with Gasteiger partial charge in [-0.15, -0.1) is 0 Å². The van der Waals surface area contributed by atoms with Crippen molar-refractivity contribution in [2.24, 2.45) is 11.7 Å². The summed E-state index contributed by atoms with van der Waals surface area (Å²) >= 11 is 0. The Morgan fingerprint density at radius 1 is 1.42 bits per heavy atom. The van der Waals surface area contributed by atoms with Gasteiger partial charge in [-0.25, -0.2) is 4.98 Å². The monoisotopic (exact) mass is 265 g/mol. The third-order valence-electron chi connectivity index (χ3n) is 2.87. The summed E-state index contributed by atoms with van der Waals surface area (Å²) in [6.45, 7) is 5.09. The van der Waals surface area contributed by atoms with E-state index in [-0.39, 0.29) is 11.7 Å². The molecule has 106 valence electrons. The predicted octanol–water partition coefficient (Wildman–Crippen LogP) is 0.761. The van der Waals surface area contributed by atoms with E-state index in [1.807, 2.05) is 14.1 Å². The van der Waals surface area contributed by atoms with E-state index in [0.29, 0.717) is 17.4 Å². The van der Waals surface area contributed by atoms with Gasteiger partial charge in [0, 0.05) is 12.6 Å². The first kappa shape index (κ1) is 15.2. The second-order valence-corrected chi connectivity index (χ2v) is 5.26. The van der Waals surface area contributed by atoms with Crippen molar-refractivity contribution < 1.29 is 4.79 Å². The second-order valence-electron chi connectivity index (χ2n) is 5.26. The van der Waals surface area contributed by atoms with Gasteiger partial charge < -0.3 is 21.7 Å². The van der Waals surface area contributed by atoms with Crippen LogP contribution in [0.15, 0.2) is 12.1 Å². The number of nitrogen functional groups attached to an aromatic ring is 1. The average molecular weight is 265 g/mol. The molecule has 0 aromatic carbocycles. The van der Waals surface area contributed by atoms with Crippen LogP contribution in [-0.2, 0) is 0 Å². The minimum Gasteiger partial charge on any atom is -0.396 e. The highest BCUT2D eigenvalue weighted by molar-refractivity contribution is 5.91. The standard InChI is InChI=1S/C13H23N5O/c1-8(2)11(7-18(3)4)17-13-9(14)5-6-10(16-13)12(15)19/h5-6,8,11H,7,14H2,1-4H3,(H2,15,19)(H,16,17). The van der Waals surface area contributed by atoms with Crippen LogP contribution in [0.4, 0.5) is 11.5 Å². The van der Waals surface area contributed by atoms with Crippen LogP contribution in [0, 0.1) is 5.92 Å². The smallest absolute Gasteiger partial charge is 0.267 e. The Labute approximate surface area is 114 Å². The first-order chi connectivity index (χ1) is 8.81. The molecule has 1 heterocycles. The van der Waals surface area contributed by atoms with E-state index < -0.39 is 5.91 Å². The van der Waals surface area contributed by atoms with Crippen molar-refractivity contribution >= 4 is 17.4 Å². The van der Waals surface area contributed by atoms with E-state index in [1.54, 1.807) is 6.07 Å². The Kier molecular flexibility index (Phi) is 5.11. The van der Waals surface area contributed by atoms with Gasteiger partial charge in [0.05, 0.1) is 5.69 Å². The van der Waals surface area contributed by atoms with Crippen LogP contribution in [0.1, 0.15) is 24.3 Å². The highest BCUT2D eigenvalue weighted by Gasteiger charge is 2.17. The van der Waals surface area contributed by atoms with Gasteiger partial charge in [0.25, 0.3) is 5.91 Å². The first-order valence-electron chi connectivity index (χ1n) is 6.28. The summed E-state index contributed by atoms with van der Waals surface area (Å²) in [5.41, 5.74) is 11.8. The van der Waals surface area contributed by atoms with Crippen molar-refractivity contribution in [3.8, 4) is 0 Å². The molecule has 1 rings (SSSR count). The van der Waals surface area contributed by atoms with Crippen LogP contribution in [-0.4, -0.2) is 42.5 Å². The summed E-state index contributed by atoms with van der Waals surface area (Å²) in [4.78, 5) is 17.4. The van der Waals surface area contributed by atoms with Gasteiger partial charge in [0.2, 0.25) is 0 Å². The highest BCUT2D eigenvalue weighted by Crippen LogP contribution is 2.19. The maximum Gasteiger partial charge on any atom is 0.267 e. The maximum absolute atomic E-state index is 11.1. The molecule has 1 aromatic rings. The van der Waals surface area contributed by atoms with Crippen LogP contribution in [0.3, 0.4) is 0 Å². The molecule has 0 spiro atoms. The first-order valence-corrected chi connectivity index (χ1v) is 6.28. The van der Waals surface area contributed by atoms with Crippen LogP contribution in [0.2, 0.25) is 0 Å². The van der Waals surface area contributed by atoms with Gasteiger partial charge in [0.15, 0.2) is 0 Å². The fraction of sp³-hybridized carbons (Fsp3) is 0.538. The minimum atomic E-state index is -0.559. The molecule has 1 aromatic heterocycles. The molecule has 0 aliphatic heterocycles. The van der Waals surface area contributed by atoms with Gasteiger partial charge in [-0.1, -0.05) is 13.8 Å². The molecule has 0 aliphatic rings. The number of nitrogens with two attached hydrogens (primary N) is 2. The number of carbonyl (C=O) groups excluding carboxylic acids is 1. The van der Waals surface area contributed by atoms with E-state index in [9.17, 15) is 4.79 Å². The SMILES string of the molecule is CC(C)C(CN(C)C)Nc1nc(C(N)=O)ccc1N. The lowest BCUT2D eigenvalue weighted by Crippen LogP contribution is -2.37. The second kappa shape index (κ2) is 6.38. The number of carbonyl (C=O) groups is 1. The van der Waals surface area contributed by atoms with Gasteiger partial charge in [-0.3, -0.25) is 4.79 Å². The van der Waals surface area contributed by atoms with Crippen molar-refractivity contribution in [3.63, 3.8) is 0 Å². The van der Waals surface area contributed by atoms with E-state index in [2.05, 4.69) is 29.0 Å². The van der Waals surface area contributed by atoms with Crippen molar-refractivity contribution in [1.82, 2.24) is 9.88 Å². The topological polar surface area (TPSA) is 97.3 Å². The van der Waals surface area contributed by atoms with E-state index in [1.165, 1.54) is 6.07 Å². The quantitative estimate of drug-likeness (QED) is 0.705. The summed E-state index contributed by atoms with van der Waals surface area (Å²) < 4.78 is 0. The zero-order valence-electron chi connectivity index (χ0n) is 12.0. The molecule has 0 bridgehead atoms. The molecule has 1 atom stereocenters. The van der Waals surface area contributed by atoms with Gasteiger partial charge in [0.1, 0.15) is 11.5 Å². The van der Waals surface area contributed by atoms with Crippen molar-refractivity contribution in [2.75, 3.05) is 31.7 Å². The molecule has 0 fully saturated rings. The van der Waals surface area contributed by atoms with Crippen LogP contribution < -0.4 is 16.8 Å². The van der Waals surface area contributed by atoms with Crippen LogP contribution >= 0.6 is 0 Å². The molecule has 0 radical (unpaired) electrons. The van der Waals surface area contributed by atoms with E-state index in [0.717, 1.165) is 6.54 Å².